The summed E-state index contributed by atoms with van der Waals surface area (Å²) in [5, 5.41) is 3.51. The van der Waals surface area contributed by atoms with Crippen LogP contribution >= 0.6 is 0 Å². The van der Waals surface area contributed by atoms with Crippen LogP contribution in [0, 0.1) is 5.92 Å². The van der Waals surface area contributed by atoms with E-state index in [-0.39, 0.29) is 0 Å². The van der Waals surface area contributed by atoms with Crippen molar-refractivity contribution < 1.29 is 9.47 Å². The van der Waals surface area contributed by atoms with Crippen LogP contribution < -0.4 is 14.8 Å². The van der Waals surface area contributed by atoms with Gasteiger partial charge >= 0.3 is 0 Å². The van der Waals surface area contributed by atoms with Crippen LogP contribution in [-0.4, -0.2) is 20.3 Å². The third-order valence-corrected chi connectivity index (χ3v) is 3.51. The highest BCUT2D eigenvalue weighted by Gasteiger charge is 2.16. The average Bonchev–Trinajstić information content (AvgIpc) is 2.34. The molecule has 1 aliphatic carbocycles. The summed E-state index contributed by atoms with van der Waals surface area (Å²) in [5.41, 5.74) is 1.25. The Kier molecular flexibility index (Phi) is 4.88. The van der Waals surface area contributed by atoms with Gasteiger partial charge < -0.3 is 14.8 Å². The fourth-order valence-corrected chi connectivity index (χ4v) is 2.21. The number of ether oxygens (including phenoxy) is 2. The lowest BCUT2D eigenvalue weighted by atomic mass is 9.85. The molecular weight excluding hydrogens is 226 g/mol. The van der Waals surface area contributed by atoms with E-state index in [2.05, 4.69) is 17.4 Å². The minimum atomic E-state index is 0.662. The molecule has 1 N–H and O–H groups in total. The predicted octanol–water partition coefficient (Wildman–Crippen LogP) is 2.98. The zero-order valence-electron chi connectivity index (χ0n) is 11.4. The predicted molar refractivity (Wildman–Crippen MR) is 73.2 cm³/mol. The molecular formula is C15H23NO2. The van der Waals surface area contributed by atoms with E-state index in [1.807, 2.05) is 13.0 Å². The van der Waals surface area contributed by atoms with Crippen molar-refractivity contribution in [3.8, 4) is 11.5 Å². The summed E-state index contributed by atoms with van der Waals surface area (Å²) in [4.78, 5) is 0. The Labute approximate surface area is 109 Å². The standard InChI is InChI=1S/C15H23NO2/c1-3-18-14-8-7-13(9-15(14)17-2)11-16-10-12-5-4-6-12/h7-9,12,16H,3-6,10-11H2,1-2H3. The molecule has 100 valence electrons. The van der Waals surface area contributed by atoms with Gasteiger partial charge in [0.05, 0.1) is 13.7 Å². The number of hydrogen-bond donors (Lipinski definition) is 1. The van der Waals surface area contributed by atoms with Gasteiger partial charge in [-0.05, 0) is 49.9 Å². The lowest BCUT2D eigenvalue weighted by Crippen LogP contribution is -2.26. The third kappa shape index (κ3) is 3.39. The minimum Gasteiger partial charge on any atom is -0.493 e. The van der Waals surface area contributed by atoms with Crippen LogP contribution in [0.5, 0.6) is 11.5 Å². The van der Waals surface area contributed by atoms with Crippen molar-refractivity contribution in [2.24, 2.45) is 5.92 Å². The van der Waals surface area contributed by atoms with Crippen molar-refractivity contribution in [1.29, 1.82) is 0 Å². The van der Waals surface area contributed by atoms with E-state index in [0.717, 1.165) is 30.5 Å². The van der Waals surface area contributed by atoms with Crippen molar-refractivity contribution >= 4 is 0 Å². The zero-order chi connectivity index (χ0) is 12.8. The molecule has 0 unspecified atom stereocenters. The maximum atomic E-state index is 5.51. The SMILES string of the molecule is CCOc1ccc(CNCC2CCC2)cc1OC. The molecule has 1 aromatic rings. The van der Waals surface area contributed by atoms with E-state index in [4.69, 9.17) is 9.47 Å². The van der Waals surface area contributed by atoms with Crippen molar-refractivity contribution in [3.05, 3.63) is 23.8 Å². The maximum Gasteiger partial charge on any atom is 0.161 e. The van der Waals surface area contributed by atoms with Gasteiger partial charge in [0.2, 0.25) is 0 Å². The molecule has 0 saturated heterocycles. The quantitative estimate of drug-likeness (QED) is 0.806. The van der Waals surface area contributed by atoms with Crippen LogP contribution in [0.3, 0.4) is 0 Å². The van der Waals surface area contributed by atoms with E-state index >= 15 is 0 Å². The Hall–Kier alpha value is -1.22. The number of nitrogens with one attached hydrogen (secondary N) is 1. The summed E-state index contributed by atoms with van der Waals surface area (Å²) >= 11 is 0. The third-order valence-electron chi connectivity index (χ3n) is 3.51. The van der Waals surface area contributed by atoms with E-state index < -0.39 is 0 Å². The Morgan fingerprint density at radius 2 is 2.11 bits per heavy atom. The summed E-state index contributed by atoms with van der Waals surface area (Å²) in [6.45, 7) is 4.68. The Bertz CT molecular complexity index is 375. The van der Waals surface area contributed by atoms with Gasteiger partial charge in [0.15, 0.2) is 11.5 Å². The van der Waals surface area contributed by atoms with Crippen LogP contribution in [0.25, 0.3) is 0 Å². The summed E-state index contributed by atoms with van der Waals surface area (Å²) in [6, 6.07) is 6.14. The molecule has 3 nitrogen and oxygen atoms in total. The van der Waals surface area contributed by atoms with Crippen molar-refractivity contribution in [2.75, 3.05) is 20.3 Å². The van der Waals surface area contributed by atoms with Crippen molar-refractivity contribution in [1.82, 2.24) is 5.32 Å². The molecule has 0 atom stereocenters. The number of methoxy groups -OCH3 is 1. The highest BCUT2D eigenvalue weighted by atomic mass is 16.5. The van der Waals surface area contributed by atoms with Gasteiger partial charge in [0.25, 0.3) is 0 Å². The minimum absolute atomic E-state index is 0.662. The average molecular weight is 249 g/mol. The van der Waals surface area contributed by atoms with Crippen LogP contribution in [-0.2, 0) is 6.54 Å². The van der Waals surface area contributed by atoms with Crippen molar-refractivity contribution in [3.63, 3.8) is 0 Å². The molecule has 0 aromatic heterocycles. The first kappa shape index (κ1) is 13.2. The van der Waals surface area contributed by atoms with E-state index in [1.54, 1.807) is 7.11 Å². The van der Waals surface area contributed by atoms with Gasteiger partial charge in [0.1, 0.15) is 0 Å². The second kappa shape index (κ2) is 6.64. The van der Waals surface area contributed by atoms with Crippen molar-refractivity contribution in [2.45, 2.75) is 32.7 Å². The number of rotatable bonds is 7. The molecule has 1 fully saturated rings. The fraction of sp³-hybridized carbons (Fsp3) is 0.600. The molecule has 0 aliphatic heterocycles. The lowest BCUT2D eigenvalue weighted by Gasteiger charge is -2.25. The second-order valence-electron chi connectivity index (χ2n) is 4.85. The maximum absolute atomic E-state index is 5.51. The normalized spacial score (nSPS) is 15.2. The smallest absolute Gasteiger partial charge is 0.161 e. The van der Waals surface area contributed by atoms with Crippen LogP contribution in [0.1, 0.15) is 31.7 Å². The highest BCUT2D eigenvalue weighted by Crippen LogP contribution is 2.28. The Morgan fingerprint density at radius 3 is 2.72 bits per heavy atom. The van der Waals surface area contributed by atoms with E-state index in [9.17, 15) is 0 Å². The first-order valence-electron chi connectivity index (χ1n) is 6.84. The summed E-state index contributed by atoms with van der Waals surface area (Å²) in [7, 11) is 1.68. The molecule has 2 rings (SSSR count). The largest absolute Gasteiger partial charge is 0.493 e. The molecule has 0 amide bonds. The molecule has 0 spiro atoms. The first-order chi connectivity index (χ1) is 8.83. The number of benzene rings is 1. The van der Waals surface area contributed by atoms with E-state index in [0.29, 0.717) is 6.61 Å². The number of hydrogen-bond acceptors (Lipinski definition) is 3. The highest BCUT2D eigenvalue weighted by molar-refractivity contribution is 5.42. The van der Waals surface area contributed by atoms with Gasteiger partial charge in [-0.3, -0.25) is 0 Å². The topological polar surface area (TPSA) is 30.5 Å². The molecule has 0 heterocycles. The van der Waals surface area contributed by atoms with Gasteiger partial charge in [-0.25, -0.2) is 0 Å². The molecule has 0 bridgehead atoms. The van der Waals surface area contributed by atoms with Crippen LogP contribution in [0.2, 0.25) is 0 Å². The summed E-state index contributed by atoms with van der Waals surface area (Å²) < 4.78 is 10.9. The summed E-state index contributed by atoms with van der Waals surface area (Å²) in [6.07, 6.45) is 4.18. The molecule has 0 radical (unpaired) electrons. The summed E-state index contributed by atoms with van der Waals surface area (Å²) in [5.74, 6) is 2.54. The van der Waals surface area contributed by atoms with Gasteiger partial charge in [-0.15, -0.1) is 0 Å². The Balaban J connectivity index is 1.87. The second-order valence-corrected chi connectivity index (χ2v) is 4.85. The van der Waals surface area contributed by atoms with Crippen LogP contribution in [0.4, 0.5) is 0 Å². The fourth-order valence-electron chi connectivity index (χ4n) is 2.21. The molecule has 1 aromatic carbocycles. The molecule has 1 aliphatic rings. The molecule has 3 heteroatoms. The lowest BCUT2D eigenvalue weighted by molar-refractivity contribution is 0.300. The van der Waals surface area contributed by atoms with Gasteiger partial charge in [0, 0.05) is 6.54 Å². The van der Waals surface area contributed by atoms with Crippen LogP contribution in [0.15, 0.2) is 18.2 Å². The Morgan fingerprint density at radius 1 is 1.28 bits per heavy atom. The van der Waals surface area contributed by atoms with Gasteiger partial charge in [-0.2, -0.15) is 0 Å². The molecule has 1 saturated carbocycles. The monoisotopic (exact) mass is 249 g/mol. The zero-order valence-corrected chi connectivity index (χ0v) is 11.4. The first-order valence-corrected chi connectivity index (χ1v) is 6.84. The van der Waals surface area contributed by atoms with Gasteiger partial charge in [-0.1, -0.05) is 12.5 Å². The van der Waals surface area contributed by atoms with E-state index in [1.165, 1.54) is 24.8 Å². The molecule has 18 heavy (non-hydrogen) atoms.